The Kier molecular flexibility index (Phi) is 4.30. The van der Waals surface area contributed by atoms with Crippen molar-refractivity contribution in [3.05, 3.63) is 60.2 Å². The van der Waals surface area contributed by atoms with Crippen LogP contribution in [0.2, 0.25) is 0 Å². The van der Waals surface area contributed by atoms with Crippen LogP contribution in [0.5, 0.6) is 0 Å². The van der Waals surface area contributed by atoms with Crippen LogP contribution in [-0.2, 0) is 19.1 Å². The minimum atomic E-state index is -0.610. The van der Waals surface area contributed by atoms with E-state index < -0.39 is 5.97 Å². The molecule has 0 unspecified atom stereocenters. The van der Waals surface area contributed by atoms with E-state index in [1.165, 1.54) is 7.11 Å². The number of carbonyl (C=O) groups excluding carboxylic acids is 2. The van der Waals surface area contributed by atoms with Gasteiger partial charge in [0.15, 0.2) is 0 Å². The van der Waals surface area contributed by atoms with Crippen LogP contribution in [-0.4, -0.2) is 36.7 Å². The maximum absolute atomic E-state index is 12.8. The van der Waals surface area contributed by atoms with Crippen LogP contribution in [0.3, 0.4) is 0 Å². The number of esters is 1. The fourth-order valence-electron chi connectivity index (χ4n) is 3.20. The van der Waals surface area contributed by atoms with Gasteiger partial charge in [-0.3, -0.25) is 4.79 Å². The van der Waals surface area contributed by atoms with Crippen LogP contribution in [0.25, 0.3) is 0 Å². The van der Waals surface area contributed by atoms with Gasteiger partial charge in [0.05, 0.1) is 19.8 Å². The highest BCUT2D eigenvalue weighted by atomic mass is 16.5. The number of benzene rings is 1. The minimum absolute atomic E-state index is 0.0713. The number of amides is 1. The number of nitrogens with zero attached hydrogens (tertiary/aromatic N) is 1. The van der Waals surface area contributed by atoms with Crippen molar-refractivity contribution in [3.63, 3.8) is 0 Å². The van der Waals surface area contributed by atoms with Gasteiger partial charge in [0.2, 0.25) is 0 Å². The van der Waals surface area contributed by atoms with Crippen LogP contribution in [0.1, 0.15) is 18.0 Å². The Balaban J connectivity index is 1.99. The van der Waals surface area contributed by atoms with E-state index in [4.69, 9.17) is 9.47 Å². The molecule has 2 aliphatic rings. The van der Waals surface area contributed by atoms with Crippen LogP contribution in [0.4, 0.5) is 0 Å². The lowest BCUT2D eigenvalue weighted by Crippen LogP contribution is -2.47. The summed E-state index contributed by atoms with van der Waals surface area (Å²) in [7, 11) is 1.28. The van der Waals surface area contributed by atoms with Gasteiger partial charge in [0.25, 0.3) is 5.91 Å². The highest BCUT2D eigenvalue weighted by Crippen LogP contribution is 2.39. The van der Waals surface area contributed by atoms with E-state index in [0.717, 1.165) is 5.56 Å². The number of fused-ring (bicyclic) bond motifs is 1. The molecule has 0 N–H and O–H groups in total. The molecule has 0 aromatic heterocycles. The molecule has 0 saturated carbocycles. The number of rotatable bonds is 4. The van der Waals surface area contributed by atoms with Crippen molar-refractivity contribution in [3.8, 4) is 0 Å². The van der Waals surface area contributed by atoms with Crippen molar-refractivity contribution in [2.45, 2.75) is 18.7 Å². The molecular formula is C18H19NO4. The quantitative estimate of drug-likeness (QED) is 0.486. The van der Waals surface area contributed by atoms with Gasteiger partial charge >= 0.3 is 5.97 Å². The predicted molar refractivity (Wildman–Crippen MR) is 84.2 cm³/mol. The summed E-state index contributed by atoms with van der Waals surface area (Å²) in [5.74, 6) is -1.05. The third-order valence-electron chi connectivity index (χ3n) is 4.28. The third-order valence-corrected chi connectivity index (χ3v) is 4.28. The minimum Gasteiger partial charge on any atom is -0.465 e. The molecule has 1 amide bonds. The van der Waals surface area contributed by atoms with E-state index in [9.17, 15) is 9.59 Å². The molecule has 0 bridgehead atoms. The first-order valence-corrected chi connectivity index (χ1v) is 7.57. The molecule has 1 saturated heterocycles. The van der Waals surface area contributed by atoms with Gasteiger partial charge < -0.3 is 14.4 Å². The molecule has 1 aromatic rings. The number of hydrogen-bond acceptors (Lipinski definition) is 4. The standard InChI is InChI=1S/C18H19NO4/c1-3-7-13-10-14(18(21)22-2)16(20)19-15(11-23-17(13)19)12-8-5-4-6-9-12/h3-6,8-10,13,15,17H,1,7,11H2,2H3/t13-,15-,17+/m0/s1. The van der Waals surface area contributed by atoms with Gasteiger partial charge in [0, 0.05) is 5.92 Å². The van der Waals surface area contributed by atoms with Gasteiger partial charge in [-0.2, -0.15) is 0 Å². The van der Waals surface area contributed by atoms with E-state index in [1.54, 1.807) is 17.1 Å². The fraction of sp³-hybridized carbons (Fsp3) is 0.333. The molecule has 0 aliphatic carbocycles. The van der Waals surface area contributed by atoms with E-state index in [-0.39, 0.29) is 29.7 Å². The zero-order chi connectivity index (χ0) is 16.4. The van der Waals surface area contributed by atoms with E-state index >= 15 is 0 Å². The summed E-state index contributed by atoms with van der Waals surface area (Å²) in [4.78, 5) is 26.4. The molecule has 23 heavy (non-hydrogen) atoms. The predicted octanol–water partition coefficient (Wildman–Crippen LogP) is 2.22. The molecule has 5 nitrogen and oxygen atoms in total. The average Bonchev–Trinajstić information content (AvgIpc) is 3.03. The second-order valence-corrected chi connectivity index (χ2v) is 5.62. The number of methoxy groups -OCH3 is 1. The summed E-state index contributed by atoms with van der Waals surface area (Å²) >= 11 is 0. The normalized spacial score (nSPS) is 26.5. The largest absolute Gasteiger partial charge is 0.465 e. The molecule has 0 spiro atoms. The first-order chi connectivity index (χ1) is 11.2. The van der Waals surface area contributed by atoms with Crippen LogP contribution >= 0.6 is 0 Å². The smallest absolute Gasteiger partial charge is 0.343 e. The molecule has 2 heterocycles. The monoisotopic (exact) mass is 313 g/mol. The Morgan fingerprint density at radius 2 is 2.17 bits per heavy atom. The molecule has 1 fully saturated rings. The van der Waals surface area contributed by atoms with Gasteiger partial charge in [-0.25, -0.2) is 4.79 Å². The Labute approximate surface area is 135 Å². The van der Waals surface area contributed by atoms with Gasteiger partial charge in [-0.15, -0.1) is 6.58 Å². The van der Waals surface area contributed by atoms with E-state index in [0.29, 0.717) is 13.0 Å². The van der Waals surface area contributed by atoms with Gasteiger partial charge in [-0.05, 0) is 12.0 Å². The molecule has 3 rings (SSSR count). The fourth-order valence-corrected chi connectivity index (χ4v) is 3.20. The van der Waals surface area contributed by atoms with E-state index in [2.05, 4.69) is 6.58 Å². The molecule has 120 valence electrons. The zero-order valence-corrected chi connectivity index (χ0v) is 13.0. The Morgan fingerprint density at radius 1 is 1.43 bits per heavy atom. The van der Waals surface area contributed by atoms with Gasteiger partial charge in [0.1, 0.15) is 11.8 Å². The summed E-state index contributed by atoms with van der Waals surface area (Å²) in [5, 5.41) is 0. The van der Waals surface area contributed by atoms with Crippen molar-refractivity contribution in [2.75, 3.05) is 13.7 Å². The Bertz CT molecular complexity index is 652. The lowest BCUT2D eigenvalue weighted by molar-refractivity contribution is -0.145. The summed E-state index contributed by atoms with van der Waals surface area (Å²) in [6.45, 7) is 4.16. The van der Waals surface area contributed by atoms with Crippen molar-refractivity contribution in [1.29, 1.82) is 0 Å². The molecule has 2 aliphatic heterocycles. The summed E-state index contributed by atoms with van der Waals surface area (Å²) in [6.07, 6.45) is 3.67. The number of ether oxygens (including phenoxy) is 2. The number of carbonyl (C=O) groups is 2. The SMILES string of the molecule is C=CC[C@H]1C=C(C(=O)OC)C(=O)N2[C@@H]1OC[C@H]2c1ccccc1. The average molecular weight is 313 g/mol. The summed E-state index contributed by atoms with van der Waals surface area (Å²) in [6, 6.07) is 9.50. The van der Waals surface area contributed by atoms with Crippen molar-refractivity contribution in [1.82, 2.24) is 4.90 Å². The number of allylic oxidation sites excluding steroid dienone is 1. The van der Waals surface area contributed by atoms with Gasteiger partial charge in [-0.1, -0.05) is 42.5 Å². The van der Waals surface area contributed by atoms with Crippen molar-refractivity contribution in [2.24, 2.45) is 5.92 Å². The highest BCUT2D eigenvalue weighted by molar-refractivity contribution is 6.17. The van der Waals surface area contributed by atoms with Crippen molar-refractivity contribution < 1.29 is 19.1 Å². The number of hydrogen-bond donors (Lipinski definition) is 0. The van der Waals surface area contributed by atoms with Crippen LogP contribution < -0.4 is 0 Å². The zero-order valence-electron chi connectivity index (χ0n) is 13.0. The molecule has 3 atom stereocenters. The summed E-state index contributed by atoms with van der Waals surface area (Å²) in [5.41, 5.74) is 1.06. The second kappa shape index (κ2) is 6.38. The first kappa shape index (κ1) is 15.5. The molecule has 5 heteroatoms. The molecule has 0 radical (unpaired) electrons. The Hall–Kier alpha value is -2.40. The second-order valence-electron chi connectivity index (χ2n) is 5.62. The maximum Gasteiger partial charge on any atom is 0.343 e. The topological polar surface area (TPSA) is 55.8 Å². The van der Waals surface area contributed by atoms with Crippen LogP contribution in [0, 0.1) is 5.92 Å². The molecular weight excluding hydrogens is 294 g/mol. The Morgan fingerprint density at radius 3 is 2.83 bits per heavy atom. The molecule has 1 aromatic carbocycles. The lowest BCUT2D eigenvalue weighted by Gasteiger charge is -2.35. The summed E-state index contributed by atoms with van der Waals surface area (Å²) < 4.78 is 10.6. The third kappa shape index (κ3) is 2.68. The van der Waals surface area contributed by atoms with E-state index in [1.807, 2.05) is 30.3 Å². The maximum atomic E-state index is 12.8. The lowest BCUT2D eigenvalue weighted by atomic mass is 9.92. The van der Waals surface area contributed by atoms with Crippen LogP contribution in [0.15, 0.2) is 54.6 Å². The first-order valence-electron chi connectivity index (χ1n) is 7.57. The van der Waals surface area contributed by atoms with Crippen molar-refractivity contribution >= 4 is 11.9 Å². The highest BCUT2D eigenvalue weighted by Gasteiger charge is 2.47.